The van der Waals surface area contributed by atoms with Crippen molar-refractivity contribution in [3.63, 3.8) is 0 Å². The minimum atomic E-state index is -0.866. The molecule has 1 radical (unpaired) electrons. The maximum atomic E-state index is 10.5. The molecule has 0 bridgehead atoms. The van der Waals surface area contributed by atoms with Crippen LogP contribution in [0.2, 0.25) is 0 Å². The fraction of sp³-hybridized carbons (Fsp3) is 0.800. The standard InChI is InChI=1S/C5H11N2O2/c1-3(8)4(6)5(9)7-2/h3-4,8H,6H2,1-2H3/t3?,4-/m0/s1. The van der Waals surface area contributed by atoms with Gasteiger partial charge in [0.05, 0.1) is 6.10 Å². The summed E-state index contributed by atoms with van der Waals surface area (Å²) in [5.74, 6) is -0.468. The van der Waals surface area contributed by atoms with Crippen LogP contribution in [0, 0.1) is 0 Å². The number of rotatable bonds is 2. The number of likely N-dealkylation sites (N-methyl/N-ethyl adjacent to an activating group) is 1. The van der Waals surface area contributed by atoms with E-state index in [1.54, 1.807) is 0 Å². The van der Waals surface area contributed by atoms with E-state index >= 15 is 0 Å². The predicted molar refractivity (Wildman–Crippen MR) is 32.7 cm³/mol. The Balaban J connectivity index is 3.72. The summed E-state index contributed by atoms with van der Waals surface area (Å²) in [6.07, 6.45) is -0.818. The number of nitrogens with two attached hydrogens (primary N) is 1. The van der Waals surface area contributed by atoms with Gasteiger partial charge < -0.3 is 10.8 Å². The molecule has 53 valence electrons. The van der Waals surface area contributed by atoms with Gasteiger partial charge in [0.25, 0.3) is 5.91 Å². The van der Waals surface area contributed by atoms with E-state index < -0.39 is 18.1 Å². The minimum absolute atomic E-state index is 0.468. The van der Waals surface area contributed by atoms with Gasteiger partial charge in [-0.25, -0.2) is 0 Å². The number of hydrogen-bond donors (Lipinski definition) is 2. The van der Waals surface area contributed by atoms with Crippen molar-refractivity contribution < 1.29 is 9.90 Å². The van der Waals surface area contributed by atoms with Crippen LogP contribution in [-0.4, -0.2) is 30.2 Å². The molecule has 0 aromatic heterocycles. The first-order chi connectivity index (χ1) is 4.09. The Hall–Kier alpha value is -0.610. The monoisotopic (exact) mass is 131 g/mol. The molecule has 0 aromatic carbocycles. The third-order valence-corrected chi connectivity index (χ3v) is 1.03. The third kappa shape index (κ3) is 2.43. The lowest BCUT2D eigenvalue weighted by Crippen LogP contribution is -2.43. The highest BCUT2D eigenvalue weighted by molar-refractivity contribution is 5.81. The Labute approximate surface area is 54.0 Å². The summed E-state index contributed by atoms with van der Waals surface area (Å²) in [4.78, 5) is 10.5. The second-order valence-corrected chi connectivity index (χ2v) is 1.83. The number of aliphatic hydroxyl groups excluding tert-OH is 1. The average Bonchev–Trinajstić information content (AvgIpc) is 1.84. The van der Waals surface area contributed by atoms with Crippen molar-refractivity contribution >= 4 is 5.91 Å². The van der Waals surface area contributed by atoms with Gasteiger partial charge >= 0.3 is 0 Å². The highest BCUT2D eigenvalue weighted by Crippen LogP contribution is 1.87. The summed E-state index contributed by atoms with van der Waals surface area (Å²) >= 11 is 0. The maximum absolute atomic E-state index is 10.5. The zero-order chi connectivity index (χ0) is 7.44. The van der Waals surface area contributed by atoms with E-state index in [2.05, 4.69) is 5.32 Å². The number of carbonyl (C=O) groups is 1. The van der Waals surface area contributed by atoms with Crippen LogP contribution in [-0.2, 0) is 4.79 Å². The molecule has 0 aromatic rings. The quantitative estimate of drug-likeness (QED) is 0.476. The number of hydrogen-bond acceptors (Lipinski definition) is 3. The number of carbonyl (C=O) groups excluding carboxylic acids is 1. The van der Waals surface area contributed by atoms with Crippen molar-refractivity contribution in [2.75, 3.05) is 7.05 Å². The molecular weight excluding hydrogens is 120 g/mol. The first kappa shape index (κ1) is 8.39. The Bertz CT molecular complexity index is 103. The van der Waals surface area contributed by atoms with Crippen LogP contribution in [0.3, 0.4) is 0 Å². The van der Waals surface area contributed by atoms with Crippen molar-refractivity contribution in [1.82, 2.24) is 5.32 Å². The number of aliphatic hydroxyl groups is 1. The molecule has 1 amide bonds. The summed E-state index contributed by atoms with van der Waals surface area (Å²) in [6.45, 7) is 1.45. The Morgan fingerprint density at radius 2 is 2.22 bits per heavy atom. The average molecular weight is 131 g/mol. The van der Waals surface area contributed by atoms with E-state index in [9.17, 15) is 4.79 Å². The van der Waals surface area contributed by atoms with E-state index in [1.807, 2.05) is 0 Å². The van der Waals surface area contributed by atoms with Gasteiger partial charge in [0.15, 0.2) is 0 Å². The van der Waals surface area contributed by atoms with Crippen molar-refractivity contribution in [3.05, 3.63) is 0 Å². The molecule has 4 nitrogen and oxygen atoms in total. The molecule has 0 aliphatic rings. The third-order valence-electron chi connectivity index (χ3n) is 1.03. The van der Waals surface area contributed by atoms with Crippen molar-refractivity contribution in [2.45, 2.75) is 19.1 Å². The molecule has 0 fully saturated rings. The van der Waals surface area contributed by atoms with Crippen molar-refractivity contribution in [2.24, 2.45) is 5.73 Å². The molecule has 0 spiro atoms. The van der Waals surface area contributed by atoms with Gasteiger partial charge in [0.1, 0.15) is 6.04 Å². The normalized spacial score (nSPS) is 16.4. The van der Waals surface area contributed by atoms with E-state index in [0.717, 1.165) is 0 Å². The fourth-order valence-electron chi connectivity index (χ4n) is 0.355. The number of amides is 1. The van der Waals surface area contributed by atoms with Crippen LogP contribution in [0.25, 0.3) is 0 Å². The lowest BCUT2D eigenvalue weighted by Gasteiger charge is -2.10. The molecule has 3 N–H and O–H groups in total. The van der Waals surface area contributed by atoms with Gasteiger partial charge in [0, 0.05) is 7.05 Å². The lowest BCUT2D eigenvalue weighted by atomic mass is 10.2. The van der Waals surface area contributed by atoms with Gasteiger partial charge in [-0.1, -0.05) is 0 Å². The molecule has 0 aliphatic carbocycles. The molecule has 0 heterocycles. The highest BCUT2D eigenvalue weighted by atomic mass is 16.3. The molecule has 0 saturated heterocycles. The lowest BCUT2D eigenvalue weighted by molar-refractivity contribution is -0.124. The Morgan fingerprint density at radius 3 is 2.33 bits per heavy atom. The summed E-state index contributed by atoms with van der Waals surface area (Å²) < 4.78 is 0. The molecule has 4 heteroatoms. The van der Waals surface area contributed by atoms with Crippen molar-refractivity contribution in [1.29, 1.82) is 0 Å². The second kappa shape index (κ2) is 3.42. The van der Waals surface area contributed by atoms with Crippen LogP contribution in [0.15, 0.2) is 0 Å². The van der Waals surface area contributed by atoms with Gasteiger partial charge in [-0.3, -0.25) is 10.1 Å². The number of nitrogens with zero attached hydrogens (tertiary/aromatic N) is 1. The topological polar surface area (TPSA) is 77.4 Å². The molecule has 0 aliphatic heterocycles. The smallest absolute Gasteiger partial charge is 0.260 e. The first-order valence-corrected chi connectivity index (χ1v) is 2.67. The summed E-state index contributed by atoms with van der Waals surface area (Å²) in [7, 11) is 1.35. The van der Waals surface area contributed by atoms with Crippen molar-refractivity contribution in [3.8, 4) is 0 Å². The van der Waals surface area contributed by atoms with Gasteiger partial charge in [-0.2, -0.15) is 0 Å². The predicted octanol–water partition coefficient (Wildman–Crippen LogP) is -1.54. The van der Waals surface area contributed by atoms with Crippen LogP contribution in [0.5, 0.6) is 0 Å². The molecule has 0 rings (SSSR count). The molecule has 9 heavy (non-hydrogen) atoms. The maximum Gasteiger partial charge on any atom is 0.260 e. The van der Waals surface area contributed by atoms with Crippen LogP contribution in [0.1, 0.15) is 6.92 Å². The largest absolute Gasteiger partial charge is 0.391 e. The Morgan fingerprint density at radius 1 is 1.78 bits per heavy atom. The molecule has 2 atom stereocenters. The van der Waals surface area contributed by atoms with E-state index in [1.165, 1.54) is 14.0 Å². The van der Waals surface area contributed by atoms with E-state index in [-0.39, 0.29) is 0 Å². The van der Waals surface area contributed by atoms with Gasteiger partial charge in [-0.05, 0) is 6.92 Å². The van der Waals surface area contributed by atoms with E-state index in [0.29, 0.717) is 0 Å². The van der Waals surface area contributed by atoms with Crippen LogP contribution >= 0.6 is 0 Å². The van der Waals surface area contributed by atoms with Crippen LogP contribution in [0.4, 0.5) is 0 Å². The zero-order valence-electron chi connectivity index (χ0n) is 5.53. The van der Waals surface area contributed by atoms with Gasteiger partial charge in [0.2, 0.25) is 0 Å². The minimum Gasteiger partial charge on any atom is -0.391 e. The summed E-state index contributed by atoms with van der Waals surface area (Å²) in [6, 6.07) is -0.866. The first-order valence-electron chi connectivity index (χ1n) is 2.67. The van der Waals surface area contributed by atoms with Crippen LogP contribution < -0.4 is 11.1 Å². The summed E-state index contributed by atoms with van der Waals surface area (Å²) in [5.41, 5.74) is 5.18. The molecule has 0 saturated carbocycles. The SMILES string of the molecule is C[N]C(=O)[C@@H](N)C(C)O. The highest BCUT2D eigenvalue weighted by Gasteiger charge is 2.17. The second-order valence-electron chi connectivity index (χ2n) is 1.83. The summed E-state index contributed by atoms with van der Waals surface area (Å²) in [5, 5.41) is 12.0. The molecule has 1 unspecified atom stereocenters. The molecular formula is C5H11N2O2. The Kier molecular flexibility index (Phi) is 3.19. The zero-order valence-corrected chi connectivity index (χ0v) is 5.53. The van der Waals surface area contributed by atoms with E-state index in [4.69, 9.17) is 10.8 Å². The fourth-order valence-corrected chi connectivity index (χ4v) is 0.355. The van der Waals surface area contributed by atoms with Gasteiger partial charge in [-0.15, -0.1) is 0 Å².